The molecule has 1 saturated carbocycles. The molecule has 0 spiro atoms. The first-order valence-corrected chi connectivity index (χ1v) is 9.27. The summed E-state index contributed by atoms with van der Waals surface area (Å²) in [6, 6.07) is 3.31. The molecule has 136 valence electrons. The van der Waals surface area contributed by atoms with Crippen molar-refractivity contribution < 1.29 is 9.18 Å². The number of halogens is 4. The average molecular weight is 405 g/mol. The third-order valence-electron chi connectivity index (χ3n) is 4.00. The highest BCUT2D eigenvalue weighted by molar-refractivity contribution is 6.48. The van der Waals surface area contributed by atoms with E-state index in [2.05, 4.69) is 5.32 Å². The van der Waals surface area contributed by atoms with Crippen LogP contribution in [0.5, 0.6) is 0 Å². The smallest absolute Gasteiger partial charge is 0.244 e. The molecule has 1 aliphatic carbocycles. The highest BCUT2D eigenvalue weighted by atomic mass is 35.5. The number of hydrogen-bond donors (Lipinski definition) is 1. The standard InChI is InChI=1S/C19H21Cl3FNO/c1-10(2)9-24-16(25)6-11(3)4-5-13-17(19(13)23)12-7-14(20)18(22)15(21)8-12/h4-8,10,13,17,19H,9H2,1-3H3,(H,24,25). The number of amides is 1. The lowest BCUT2D eigenvalue weighted by Crippen LogP contribution is -2.25. The summed E-state index contributed by atoms with van der Waals surface area (Å²) in [7, 11) is 0. The first kappa shape index (κ1) is 20.3. The predicted octanol–water partition coefficient (Wildman–Crippen LogP) is 5.97. The van der Waals surface area contributed by atoms with Crippen LogP contribution in [-0.2, 0) is 4.79 Å². The maximum absolute atomic E-state index is 14.1. The number of benzene rings is 1. The lowest BCUT2D eigenvalue weighted by molar-refractivity contribution is -0.116. The van der Waals surface area contributed by atoms with Crippen LogP contribution in [-0.4, -0.2) is 18.6 Å². The molecule has 0 radical (unpaired) electrons. The van der Waals surface area contributed by atoms with E-state index in [1.54, 1.807) is 24.3 Å². The second-order valence-electron chi connectivity index (χ2n) is 6.73. The normalized spacial score (nSPS) is 23.4. The Balaban J connectivity index is 1.99. The van der Waals surface area contributed by atoms with Crippen LogP contribution in [0.3, 0.4) is 0 Å². The number of carbonyl (C=O) groups excluding carboxylic acids is 1. The highest BCUT2D eigenvalue weighted by Gasteiger charge is 2.50. The van der Waals surface area contributed by atoms with Gasteiger partial charge >= 0.3 is 0 Å². The van der Waals surface area contributed by atoms with Crippen molar-refractivity contribution in [1.82, 2.24) is 5.32 Å². The molecule has 3 atom stereocenters. The van der Waals surface area contributed by atoms with Crippen LogP contribution in [0.15, 0.2) is 35.9 Å². The van der Waals surface area contributed by atoms with Gasteiger partial charge in [-0.3, -0.25) is 4.79 Å². The Labute approximate surface area is 163 Å². The van der Waals surface area contributed by atoms with Crippen LogP contribution in [0.25, 0.3) is 0 Å². The maximum Gasteiger partial charge on any atom is 0.244 e. The summed E-state index contributed by atoms with van der Waals surface area (Å²) in [5, 5.41) is 3.74. The van der Waals surface area contributed by atoms with Crippen LogP contribution in [0.2, 0.25) is 15.1 Å². The van der Waals surface area contributed by atoms with E-state index >= 15 is 0 Å². The molecule has 2 nitrogen and oxygen atoms in total. The first-order valence-electron chi connectivity index (χ1n) is 8.13. The summed E-state index contributed by atoms with van der Waals surface area (Å²) >= 11 is 18.0. The summed E-state index contributed by atoms with van der Waals surface area (Å²) in [6.07, 6.45) is 4.07. The molecule has 0 aromatic heterocycles. The molecule has 0 heterocycles. The number of nitrogens with one attached hydrogen (secondary N) is 1. The lowest BCUT2D eigenvalue weighted by Gasteiger charge is -2.05. The number of rotatable bonds is 6. The molecule has 0 aliphatic heterocycles. The van der Waals surface area contributed by atoms with Gasteiger partial charge in [-0.2, -0.15) is 0 Å². The SMILES string of the molecule is CC(C=CC1C(F)C1c1cc(Cl)c(Cl)c(Cl)c1)=CC(=O)NCC(C)C. The molecule has 1 aliphatic rings. The third-order valence-corrected chi connectivity index (χ3v) is 5.20. The van der Waals surface area contributed by atoms with E-state index in [4.69, 9.17) is 34.8 Å². The van der Waals surface area contributed by atoms with Crippen molar-refractivity contribution in [1.29, 1.82) is 0 Å². The van der Waals surface area contributed by atoms with E-state index in [1.807, 2.05) is 20.8 Å². The highest BCUT2D eigenvalue weighted by Crippen LogP contribution is 2.52. The maximum atomic E-state index is 14.1. The Morgan fingerprint density at radius 1 is 1.28 bits per heavy atom. The minimum absolute atomic E-state index is 0.142. The van der Waals surface area contributed by atoms with Crippen molar-refractivity contribution in [3.63, 3.8) is 0 Å². The van der Waals surface area contributed by atoms with Crippen LogP contribution in [0.1, 0.15) is 32.3 Å². The van der Waals surface area contributed by atoms with Crippen LogP contribution in [0.4, 0.5) is 4.39 Å². The fourth-order valence-corrected chi connectivity index (χ4v) is 3.18. The topological polar surface area (TPSA) is 29.1 Å². The van der Waals surface area contributed by atoms with Crippen molar-refractivity contribution in [2.45, 2.75) is 32.9 Å². The van der Waals surface area contributed by atoms with E-state index < -0.39 is 6.17 Å². The van der Waals surface area contributed by atoms with Crippen molar-refractivity contribution in [3.05, 3.63) is 56.6 Å². The van der Waals surface area contributed by atoms with Gasteiger partial charge in [-0.05, 0) is 36.1 Å². The van der Waals surface area contributed by atoms with Gasteiger partial charge in [0.15, 0.2) is 0 Å². The minimum Gasteiger partial charge on any atom is -0.352 e. The molecule has 6 heteroatoms. The van der Waals surface area contributed by atoms with Gasteiger partial charge in [0.05, 0.1) is 15.1 Å². The quantitative estimate of drug-likeness (QED) is 0.353. The van der Waals surface area contributed by atoms with Gasteiger partial charge < -0.3 is 5.32 Å². The Morgan fingerprint density at radius 2 is 1.88 bits per heavy atom. The molecular formula is C19H21Cl3FNO. The Bertz CT molecular complexity index is 692. The summed E-state index contributed by atoms with van der Waals surface area (Å²) in [5.41, 5.74) is 1.50. The van der Waals surface area contributed by atoms with Gasteiger partial charge in [-0.1, -0.05) is 60.8 Å². The fraction of sp³-hybridized carbons (Fsp3) is 0.421. The molecule has 1 fully saturated rings. The molecule has 1 aromatic rings. The summed E-state index contributed by atoms with van der Waals surface area (Å²) in [6.45, 7) is 6.50. The van der Waals surface area contributed by atoms with Gasteiger partial charge in [-0.15, -0.1) is 0 Å². The minimum atomic E-state index is -0.993. The summed E-state index contributed by atoms with van der Waals surface area (Å²) < 4.78 is 14.1. The number of alkyl halides is 1. The van der Waals surface area contributed by atoms with Gasteiger partial charge in [0, 0.05) is 24.5 Å². The molecule has 1 aromatic carbocycles. The third kappa shape index (κ3) is 5.47. The zero-order valence-corrected chi connectivity index (χ0v) is 16.6. The van der Waals surface area contributed by atoms with Crippen molar-refractivity contribution in [2.75, 3.05) is 6.54 Å². The van der Waals surface area contributed by atoms with Crippen molar-refractivity contribution >= 4 is 40.7 Å². The van der Waals surface area contributed by atoms with E-state index in [9.17, 15) is 9.18 Å². The number of carbonyl (C=O) groups is 1. The van der Waals surface area contributed by atoms with Gasteiger partial charge in [-0.25, -0.2) is 4.39 Å². The molecule has 0 bridgehead atoms. The average Bonchev–Trinajstić information content (AvgIpc) is 3.18. The largest absolute Gasteiger partial charge is 0.352 e. The van der Waals surface area contributed by atoms with Crippen molar-refractivity contribution in [2.24, 2.45) is 11.8 Å². The first-order chi connectivity index (χ1) is 11.7. The Kier molecular flexibility index (Phi) is 6.95. The zero-order chi connectivity index (χ0) is 18.7. The van der Waals surface area contributed by atoms with E-state index in [1.165, 1.54) is 6.08 Å². The molecule has 1 amide bonds. The van der Waals surface area contributed by atoms with Crippen LogP contribution >= 0.6 is 34.8 Å². The molecular weight excluding hydrogens is 384 g/mol. The lowest BCUT2D eigenvalue weighted by atomic mass is 10.1. The molecule has 1 N–H and O–H groups in total. The molecule has 2 rings (SSSR count). The van der Waals surface area contributed by atoms with Crippen molar-refractivity contribution in [3.8, 4) is 0 Å². The summed E-state index contributed by atoms with van der Waals surface area (Å²) in [5.74, 6) is -0.288. The fourth-order valence-electron chi connectivity index (χ4n) is 2.57. The predicted molar refractivity (Wildman–Crippen MR) is 103 cm³/mol. The van der Waals surface area contributed by atoms with Gasteiger partial charge in [0.2, 0.25) is 5.91 Å². The van der Waals surface area contributed by atoms with Crippen LogP contribution in [0, 0.1) is 11.8 Å². The Hall–Kier alpha value is -1.03. The number of hydrogen-bond acceptors (Lipinski definition) is 1. The van der Waals surface area contributed by atoms with Gasteiger partial charge in [0.25, 0.3) is 0 Å². The van der Waals surface area contributed by atoms with Gasteiger partial charge in [0.1, 0.15) is 6.17 Å². The molecule has 3 unspecified atom stereocenters. The monoisotopic (exact) mass is 403 g/mol. The second kappa shape index (κ2) is 8.57. The number of allylic oxidation sites excluding steroid dienone is 3. The van der Waals surface area contributed by atoms with Crippen LogP contribution < -0.4 is 5.32 Å². The second-order valence-corrected chi connectivity index (χ2v) is 7.92. The Morgan fingerprint density at radius 3 is 2.44 bits per heavy atom. The molecule has 0 saturated heterocycles. The molecule has 25 heavy (non-hydrogen) atoms. The zero-order valence-electron chi connectivity index (χ0n) is 14.3. The summed E-state index contributed by atoms with van der Waals surface area (Å²) in [4.78, 5) is 11.7. The van der Waals surface area contributed by atoms with E-state index in [-0.39, 0.29) is 22.8 Å². The van der Waals surface area contributed by atoms with E-state index in [0.717, 1.165) is 11.1 Å². The van der Waals surface area contributed by atoms with E-state index in [0.29, 0.717) is 22.5 Å².